The molecule has 24 heavy (non-hydrogen) atoms. The molecule has 1 aromatic heterocycles. The second-order valence-electron chi connectivity index (χ2n) is 6.08. The average Bonchev–Trinajstić information content (AvgIpc) is 2.55. The molecule has 1 aromatic carbocycles. The third-order valence-electron chi connectivity index (χ3n) is 4.05. The van der Waals surface area contributed by atoms with Crippen LogP contribution in [0.2, 0.25) is 0 Å². The minimum atomic E-state index is -3.30. The highest BCUT2D eigenvalue weighted by Gasteiger charge is 2.29. The monoisotopic (exact) mass is 348 g/mol. The van der Waals surface area contributed by atoms with E-state index in [1.54, 1.807) is 6.20 Å². The number of pyridine rings is 1. The molecular weight excluding hydrogens is 327 g/mol. The van der Waals surface area contributed by atoms with Crippen molar-refractivity contribution in [2.75, 3.05) is 19.3 Å². The fourth-order valence-corrected chi connectivity index (χ4v) is 4.67. The van der Waals surface area contributed by atoms with Crippen molar-refractivity contribution in [3.8, 4) is 0 Å². The van der Waals surface area contributed by atoms with Gasteiger partial charge in [0.05, 0.1) is 24.9 Å². The summed E-state index contributed by atoms with van der Waals surface area (Å²) in [5.74, 6) is 0. The molecule has 6 nitrogen and oxygen atoms in total. The van der Waals surface area contributed by atoms with Crippen molar-refractivity contribution in [3.63, 3.8) is 0 Å². The zero-order valence-electron chi connectivity index (χ0n) is 13.2. The molecule has 0 saturated carbocycles. The second kappa shape index (κ2) is 7.45. The smallest absolute Gasteiger partial charge is 0.248 e. The van der Waals surface area contributed by atoms with Gasteiger partial charge in [0.15, 0.2) is 0 Å². The van der Waals surface area contributed by atoms with Gasteiger partial charge in [-0.3, -0.25) is 9.36 Å². The number of aromatic amines is 1. The van der Waals surface area contributed by atoms with Gasteiger partial charge in [0, 0.05) is 25.0 Å². The van der Waals surface area contributed by atoms with E-state index in [0.29, 0.717) is 13.2 Å². The number of H-pyrrole nitrogens is 1. The fraction of sp³-hybridized carbons (Fsp3) is 0.353. The van der Waals surface area contributed by atoms with Crippen molar-refractivity contribution in [2.24, 2.45) is 0 Å². The first-order valence-electron chi connectivity index (χ1n) is 7.90. The predicted octanol–water partition coefficient (Wildman–Crippen LogP) is 1.87. The van der Waals surface area contributed by atoms with E-state index in [9.17, 15) is 14.3 Å². The number of nitrogens with one attached hydrogen (secondary N) is 2. The van der Waals surface area contributed by atoms with Gasteiger partial charge < -0.3 is 19.9 Å². The number of ether oxygens (including phenoxy) is 1. The number of rotatable bonds is 5. The summed E-state index contributed by atoms with van der Waals surface area (Å²) < 4.78 is 18.2. The van der Waals surface area contributed by atoms with Gasteiger partial charge in [0.1, 0.15) is 0 Å². The van der Waals surface area contributed by atoms with Crippen molar-refractivity contribution in [1.29, 1.82) is 0 Å². The lowest BCUT2D eigenvalue weighted by Crippen LogP contribution is -2.43. The standard InChI is InChI=1S/C17H21N2O4P/c20-17-8-14(6-7-18-17)16-10-23-15(9-19-16)12-24(21,22)11-13-4-2-1-3-5-13/h1-8,15-16,19H,9-12H2,(H,18,20)(H,21,22)/t15-,16+/m1/s1. The van der Waals surface area contributed by atoms with Crippen molar-refractivity contribution < 1.29 is 14.2 Å². The van der Waals surface area contributed by atoms with Gasteiger partial charge in [-0.25, -0.2) is 0 Å². The van der Waals surface area contributed by atoms with Gasteiger partial charge in [-0.15, -0.1) is 0 Å². The van der Waals surface area contributed by atoms with Crippen molar-refractivity contribution >= 4 is 7.37 Å². The summed E-state index contributed by atoms with van der Waals surface area (Å²) in [6, 6.07) is 12.6. The molecule has 0 amide bonds. The van der Waals surface area contributed by atoms with E-state index in [-0.39, 0.29) is 30.0 Å². The van der Waals surface area contributed by atoms with Crippen LogP contribution in [-0.4, -0.2) is 35.3 Å². The van der Waals surface area contributed by atoms with Crippen LogP contribution in [0.3, 0.4) is 0 Å². The lowest BCUT2D eigenvalue weighted by molar-refractivity contribution is 0.0156. The maximum absolute atomic E-state index is 12.5. The van der Waals surface area contributed by atoms with Gasteiger partial charge in [0.25, 0.3) is 0 Å². The largest absolute Gasteiger partial charge is 0.374 e. The number of morpholine rings is 1. The molecule has 1 fully saturated rings. The Morgan fingerprint density at radius 3 is 2.71 bits per heavy atom. The Labute approximate surface area is 140 Å². The Bertz CT molecular complexity index is 769. The number of hydrogen-bond donors (Lipinski definition) is 3. The van der Waals surface area contributed by atoms with Crippen LogP contribution in [0.25, 0.3) is 0 Å². The number of benzene rings is 1. The van der Waals surface area contributed by atoms with Crippen LogP contribution in [0.15, 0.2) is 53.5 Å². The Kier molecular flexibility index (Phi) is 5.31. The summed E-state index contributed by atoms with van der Waals surface area (Å²) in [6.45, 7) is 0.857. The van der Waals surface area contributed by atoms with Crippen LogP contribution >= 0.6 is 7.37 Å². The molecule has 3 atom stereocenters. The zero-order valence-corrected chi connectivity index (χ0v) is 14.1. The molecule has 1 aliphatic heterocycles. The van der Waals surface area contributed by atoms with Gasteiger partial charge >= 0.3 is 0 Å². The van der Waals surface area contributed by atoms with Crippen LogP contribution in [0.5, 0.6) is 0 Å². The third kappa shape index (κ3) is 4.65. The number of hydrogen-bond acceptors (Lipinski definition) is 4. The Morgan fingerprint density at radius 2 is 2.04 bits per heavy atom. The van der Waals surface area contributed by atoms with Crippen LogP contribution < -0.4 is 10.9 Å². The Hall–Kier alpha value is -1.72. The molecule has 2 aromatic rings. The maximum atomic E-state index is 12.5. The fourth-order valence-electron chi connectivity index (χ4n) is 2.88. The van der Waals surface area contributed by atoms with E-state index in [0.717, 1.165) is 11.1 Å². The molecule has 0 spiro atoms. The van der Waals surface area contributed by atoms with E-state index in [1.807, 2.05) is 36.4 Å². The molecule has 7 heteroatoms. The topological polar surface area (TPSA) is 91.4 Å². The van der Waals surface area contributed by atoms with E-state index in [4.69, 9.17) is 4.74 Å². The highest BCUT2D eigenvalue weighted by atomic mass is 31.2. The lowest BCUT2D eigenvalue weighted by Gasteiger charge is -2.31. The van der Waals surface area contributed by atoms with Crippen molar-refractivity contribution in [3.05, 3.63) is 70.1 Å². The predicted molar refractivity (Wildman–Crippen MR) is 92.4 cm³/mol. The Morgan fingerprint density at radius 1 is 1.25 bits per heavy atom. The highest BCUT2D eigenvalue weighted by Crippen LogP contribution is 2.45. The highest BCUT2D eigenvalue weighted by molar-refractivity contribution is 7.57. The minimum absolute atomic E-state index is 0.0734. The average molecular weight is 348 g/mol. The van der Waals surface area contributed by atoms with E-state index in [2.05, 4.69) is 10.3 Å². The quantitative estimate of drug-likeness (QED) is 0.718. The second-order valence-corrected chi connectivity index (χ2v) is 8.45. The van der Waals surface area contributed by atoms with Gasteiger partial charge in [-0.1, -0.05) is 30.3 Å². The Balaban J connectivity index is 1.55. The molecule has 3 N–H and O–H groups in total. The lowest BCUT2D eigenvalue weighted by atomic mass is 10.1. The first kappa shape index (κ1) is 17.1. The summed E-state index contributed by atoms with van der Waals surface area (Å²) >= 11 is 0. The van der Waals surface area contributed by atoms with E-state index < -0.39 is 7.37 Å². The van der Waals surface area contributed by atoms with E-state index >= 15 is 0 Å². The molecule has 0 bridgehead atoms. The normalized spacial score (nSPS) is 23.5. The minimum Gasteiger partial charge on any atom is -0.374 e. The van der Waals surface area contributed by atoms with Crippen LogP contribution in [-0.2, 0) is 15.5 Å². The summed E-state index contributed by atoms with van der Waals surface area (Å²) in [6.07, 6.45) is 1.58. The van der Waals surface area contributed by atoms with Crippen LogP contribution in [0.4, 0.5) is 0 Å². The third-order valence-corrected chi connectivity index (χ3v) is 5.89. The molecule has 0 aliphatic carbocycles. The van der Waals surface area contributed by atoms with Gasteiger partial charge in [-0.2, -0.15) is 0 Å². The summed E-state index contributed by atoms with van der Waals surface area (Å²) in [7, 11) is -3.30. The van der Waals surface area contributed by atoms with Crippen molar-refractivity contribution in [2.45, 2.75) is 18.3 Å². The molecule has 0 radical (unpaired) electrons. The van der Waals surface area contributed by atoms with Crippen molar-refractivity contribution in [1.82, 2.24) is 10.3 Å². The maximum Gasteiger partial charge on any atom is 0.248 e. The molecule has 1 saturated heterocycles. The van der Waals surface area contributed by atoms with Crippen LogP contribution in [0, 0.1) is 0 Å². The first-order chi connectivity index (χ1) is 11.5. The van der Waals surface area contributed by atoms with Gasteiger partial charge in [0.2, 0.25) is 12.9 Å². The molecule has 1 aliphatic rings. The molecular formula is C17H21N2O4P. The molecule has 3 rings (SSSR count). The molecule has 2 heterocycles. The SMILES string of the molecule is O=c1cc([C@@H]2CO[C@@H](CP(=O)(O)Cc3ccccc3)CN2)cc[nH]1. The van der Waals surface area contributed by atoms with Crippen LogP contribution in [0.1, 0.15) is 17.2 Å². The summed E-state index contributed by atoms with van der Waals surface area (Å²) in [5.41, 5.74) is 1.56. The summed E-state index contributed by atoms with van der Waals surface area (Å²) in [5, 5.41) is 3.29. The van der Waals surface area contributed by atoms with Gasteiger partial charge in [-0.05, 0) is 17.2 Å². The first-order valence-corrected chi connectivity index (χ1v) is 9.93. The summed E-state index contributed by atoms with van der Waals surface area (Å²) in [4.78, 5) is 24.2. The molecule has 1 unspecified atom stereocenters. The van der Waals surface area contributed by atoms with E-state index in [1.165, 1.54) is 6.07 Å². The number of aromatic nitrogens is 1. The molecule has 128 valence electrons. The zero-order chi connectivity index (χ0) is 17.0.